The van der Waals surface area contributed by atoms with E-state index in [0.717, 1.165) is 11.3 Å². The highest BCUT2D eigenvalue weighted by Gasteiger charge is 2.11. The van der Waals surface area contributed by atoms with Crippen molar-refractivity contribution in [3.63, 3.8) is 0 Å². The van der Waals surface area contributed by atoms with Gasteiger partial charge in [0.15, 0.2) is 0 Å². The second-order valence-corrected chi connectivity index (χ2v) is 5.61. The zero-order valence-corrected chi connectivity index (χ0v) is 13.7. The third-order valence-electron chi connectivity index (χ3n) is 2.60. The maximum Gasteiger partial charge on any atom is 0.240 e. The fourth-order valence-corrected chi connectivity index (χ4v) is 2.31. The Morgan fingerprint density at radius 3 is 2.60 bits per heavy atom. The third kappa shape index (κ3) is 3.94. The molecule has 1 heterocycles. The van der Waals surface area contributed by atoms with Gasteiger partial charge in [-0.3, -0.25) is 0 Å². The molecule has 0 spiro atoms. The summed E-state index contributed by atoms with van der Waals surface area (Å²) in [5.41, 5.74) is 1.70. The van der Waals surface area contributed by atoms with Crippen molar-refractivity contribution in [3.05, 3.63) is 35.1 Å². The summed E-state index contributed by atoms with van der Waals surface area (Å²) in [6.07, 6.45) is 3.68. The van der Waals surface area contributed by atoms with E-state index in [0.29, 0.717) is 23.7 Å². The molecule has 106 valence electrons. The van der Waals surface area contributed by atoms with E-state index in [9.17, 15) is 0 Å². The van der Waals surface area contributed by atoms with E-state index < -0.39 is 0 Å². The number of hydrogen-bond acceptors (Lipinski definition) is 5. The van der Waals surface area contributed by atoms with Gasteiger partial charge >= 0.3 is 0 Å². The molecule has 0 radical (unpaired) electrons. The minimum Gasteiger partial charge on any atom is -0.474 e. The summed E-state index contributed by atoms with van der Waals surface area (Å²) in [7, 11) is 1.64. The molecule has 1 aromatic carbocycles. The lowest BCUT2D eigenvalue weighted by Crippen LogP contribution is -2.07. The number of rotatable bonds is 6. The topological polar surface area (TPSA) is 44.2 Å². The number of nitrogens with zero attached hydrogens (tertiary/aromatic N) is 2. The van der Waals surface area contributed by atoms with Gasteiger partial charge in [0.25, 0.3) is 0 Å². The van der Waals surface area contributed by atoms with E-state index in [4.69, 9.17) is 9.47 Å². The SMILES string of the molecule is COCCOc1ncc(Br)nc1-c1ccc(SC)cc1. The standard InChI is InChI=1S/C14H15BrN2O2S/c1-18-7-8-19-14-13(17-12(15)9-16-14)10-3-5-11(20-2)6-4-10/h3-6,9H,7-8H2,1-2H3. The summed E-state index contributed by atoms with van der Waals surface area (Å²) in [4.78, 5) is 9.94. The van der Waals surface area contributed by atoms with E-state index >= 15 is 0 Å². The van der Waals surface area contributed by atoms with Crippen molar-refractivity contribution in [3.8, 4) is 17.1 Å². The molecule has 0 saturated heterocycles. The van der Waals surface area contributed by atoms with Crippen molar-refractivity contribution >= 4 is 27.7 Å². The highest BCUT2D eigenvalue weighted by molar-refractivity contribution is 9.10. The Hall–Kier alpha value is -1.11. The van der Waals surface area contributed by atoms with E-state index in [-0.39, 0.29) is 0 Å². The number of ether oxygens (including phenoxy) is 2. The molecule has 0 aliphatic heterocycles. The quantitative estimate of drug-likeness (QED) is 0.585. The Morgan fingerprint density at radius 2 is 1.95 bits per heavy atom. The van der Waals surface area contributed by atoms with Crippen LogP contribution in [0.4, 0.5) is 0 Å². The van der Waals surface area contributed by atoms with E-state index in [2.05, 4.69) is 38.0 Å². The summed E-state index contributed by atoms with van der Waals surface area (Å²) in [6, 6.07) is 8.15. The largest absolute Gasteiger partial charge is 0.474 e. The average molecular weight is 355 g/mol. The number of halogens is 1. The van der Waals surface area contributed by atoms with Crippen LogP contribution < -0.4 is 4.74 Å². The minimum absolute atomic E-state index is 0.447. The molecule has 4 nitrogen and oxygen atoms in total. The van der Waals surface area contributed by atoms with Crippen LogP contribution in [-0.2, 0) is 4.74 Å². The van der Waals surface area contributed by atoms with Gasteiger partial charge in [-0.15, -0.1) is 11.8 Å². The van der Waals surface area contributed by atoms with E-state index in [1.807, 2.05) is 18.4 Å². The zero-order valence-electron chi connectivity index (χ0n) is 11.3. The predicted octanol–water partition coefficient (Wildman–Crippen LogP) is 3.65. The Morgan fingerprint density at radius 1 is 1.20 bits per heavy atom. The van der Waals surface area contributed by atoms with Gasteiger partial charge in [-0.2, -0.15) is 0 Å². The van der Waals surface area contributed by atoms with Crippen molar-refractivity contribution in [1.29, 1.82) is 0 Å². The fraction of sp³-hybridized carbons (Fsp3) is 0.286. The molecular weight excluding hydrogens is 340 g/mol. The van der Waals surface area contributed by atoms with Crippen LogP contribution in [-0.4, -0.2) is 36.5 Å². The number of thioether (sulfide) groups is 1. The lowest BCUT2D eigenvalue weighted by Gasteiger charge is -2.10. The van der Waals surface area contributed by atoms with Crippen LogP contribution in [0.2, 0.25) is 0 Å². The zero-order chi connectivity index (χ0) is 14.4. The first-order valence-electron chi connectivity index (χ1n) is 6.03. The van der Waals surface area contributed by atoms with Crippen LogP contribution >= 0.6 is 27.7 Å². The van der Waals surface area contributed by atoms with E-state index in [1.165, 1.54) is 4.90 Å². The number of aromatic nitrogens is 2. The minimum atomic E-state index is 0.447. The summed E-state index contributed by atoms with van der Waals surface area (Å²) in [6.45, 7) is 0.964. The molecule has 0 N–H and O–H groups in total. The molecule has 20 heavy (non-hydrogen) atoms. The number of methoxy groups -OCH3 is 1. The molecule has 2 aromatic rings. The lowest BCUT2D eigenvalue weighted by atomic mass is 10.1. The Labute approximate surface area is 131 Å². The Balaban J connectivity index is 2.29. The van der Waals surface area contributed by atoms with Gasteiger partial charge in [0.1, 0.15) is 16.9 Å². The summed E-state index contributed by atoms with van der Waals surface area (Å²) >= 11 is 5.05. The van der Waals surface area contributed by atoms with Gasteiger partial charge in [-0.25, -0.2) is 9.97 Å². The Kier molecular flexibility index (Phi) is 5.82. The highest BCUT2D eigenvalue weighted by Crippen LogP contribution is 2.29. The van der Waals surface area contributed by atoms with E-state index in [1.54, 1.807) is 25.1 Å². The van der Waals surface area contributed by atoms with Crippen LogP contribution in [0.3, 0.4) is 0 Å². The molecule has 0 fully saturated rings. The molecule has 0 aliphatic rings. The highest BCUT2D eigenvalue weighted by atomic mass is 79.9. The lowest BCUT2D eigenvalue weighted by molar-refractivity contribution is 0.144. The van der Waals surface area contributed by atoms with Gasteiger partial charge in [0, 0.05) is 17.6 Å². The maximum atomic E-state index is 5.62. The molecule has 1 aromatic heterocycles. The van der Waals surface area contributed by atoms with Crippen molar-refractivity contribution in [1.82, 2.24) is 9.97 Å². The summed E-state index contributed by atoms with van der Waals surface area (Å²) in [5, 5.41) is 0. The molecule has 0 amide bonds. The van der Waals surface area contributed by atoms with Crippen molar-refractivity contribution in [2.45, 2.75) is 4.90 Å². The van der Waals surface area contributed by atoms with Crippen LogP contribution in [0.5, 0.6) is 5.88 Å². The first-order chi connectivity index (χ1) is 9.74. The molecule has 6 heteroatoms. The van der Waals surface area contributed by atoms with Crippen LogP contribution in [0.15, 0.2) is 40.0 Å². The molecule has 0 saturated carbocycles. The monoisotopic (exact) mass is 354 g/mol. The second-order valence-electron chi connectivity index (χ2n) is 3.92. The van der Waals surface area contributed by atoms with Crippen LogP contribution in [0.25, 0.3) is 11.3 Å². The van der Waals surface area contributed by atoms with Crippen molar-refractivity contribution < 1.29 is 9.47 Å². The first-order valence-corrected chi connectivity index (χ1v) is 8.05. The second kappa shape index (κ2) is 7.61. The predicted molar refractivity (Wildman–Crippen MR) is 84.3 cm³/mol. The van der Waals surface area contributed by atoms with Gasteiger partial charge < -0.3 is 9.47 Å². The van der Waals surface area contributed by atoms with Crippen molar-refractivity contribution in [2.75, 3.05) is 26.6 Å². The van der Waals surface area contributed by atoms with Crippen LogP contribution in [0, 0.1) is 0 Å². The average Bonchev–Trinajstić information content (AvgIpc) is 2.49. The number of benzene rings is 1. The third-order valence-corrected chi connectivity index (χ3v) is 3.72. The van der Waals surface area contributed by atoms with Gasteiger partial charge in [-0.1, -0.05) is 12.1 Å². The van der Waals surface area contributed by atoms with Gasteiger partial charge in [0.2, 0.25) is 5.88 Å². The summed E-state index contributed by atoms with van der Waals surface area (Å²) < 4.78 is 11.3. The number of hydrogen-bond donors (Lipinski definition) is 0. The first kappa shape index (κ1) is 15.3. The molecule has 0 aliphatic carbocycles. The maximum absolute atomic E-state index is 5.62. The molecular formula is C14H15BrN2O2S. The van der Waals surface area contributed by atoms with Crippen molar-refractivity contribution in [2.24, 2.45) is 0 Å². The Bertz CT molecular complexity index is 564. The molecule has 0 atom stereocenters. The smallest absolute Gasteiger partial charge is 0.240 e. The molecule has 0 unspecified atom stereocenters. The molecule has 2 rings (SSSR count). The molecule has 0 bridgehead atoms. The normalized spacial score (nSPS) is 10.6. The van der Waals surface area contributed by atoms with Crippen LogP contribution in [0.1, 0.15) is 0 Å². The summed E-state index contributed by atoms with van der Waals surface area (Å²) in [5.74, 6) is 0.516. The fourth-order valence-electron chi connectivity index (χ4n) is 1.62. The van der Waals surface area contributed by atoms with Gasteiger partial charge in [0.05, 0.1) is 12.8 Å². The van der Waals surface area contributed by atoms with Gasteiger partial charge in [-0.05, 0) is 34.3 Å².